The number of nitrogens with zero attached hydrogens (tertiary/aromatic N) is 1. The molecule has 0 aromatic heterocycles. The predicted octanol–water partition coefficient (Wildman–Crippen LogP) is 7.56. The molecule has 0 radical (unpaired) electrons. The Morgan fingerprint density at radius 1 is 1.00 bits per heavy atom. The number of halogens is 2. The van der Waals surface area contributed by atoms with Gasteiger partial charge in [-0.15, -0.1) is 0 Å². The minimum absolute atomic E-state index is 0.0981. The molecular formula is C29H37Cl2NO4. The first-order chi connectivity index (χ1) is 17.4. The summed E-state index contributed by atoms with van der Waals surface area (Å²) in [6.45, 7) is 6.40. The van der Waals surface area contributed by atoms with Crippen LogP contribution in [0, 0.1) is 5.92 Å². The highest BCUT2D eigenvalue weighted by Gasteiger charge is 2.50. The van der Waals surface area contributed by atoms with Gasteiger partial charge in [-0.05, 0) is 61.1 Å². The van der Waals surface area contributed by atoms with Crippen molar-refractivity contribution in [1.29, 1.82) is 0 Å². The Labute approximate surface area is 225 Å². The summed E-state index contributed by atoms with van der Waals surface area (Å²) in [5.74, 6) is -0.488. The van der Waals surface area contributed by atoms with Crippen molar-refractivity contribution in [2.24, 2.45) is 5.92 Å². The molecule has 1 saturated heterocycles. The minimum atomic E-state index is -0.635. The topological polar surface area (TPSA) is 55.8 Å². The maximum atomic E-state index is 13.1. The van der Waals surface area contributed by atoms with Crippen LogP contribution in [0.25, 0.3) is 0 Å². The lowest BCUT2D eigenvalue weighted by molar-refractivity contribution is -0.174. The molecule has 1 amide bonds. The molecular weight excluding hydrogens is 497 g/mol. The van der Waals surface area contributed by atoms with Crippen molar-refractivity contribution in [1.82, 2.24) is 4.90 Å². The Bertz CT molecular complexity index is 989. The number of benzene rings is 2. The van der Waals surface area contributed by atoms with Crippen LogP contribution in [0.2, 0.25) is 10.0 Å². The zero-order chi connectivity index (χ0) is 26.1. The molecule has 1 heterocycles. The van der Waals surface area contributed by atoms with Gasteiger partial charge in [0.25, 0.3) is 0 Å². The van der Waals surface area contributed by atoms with E-state index in [0.717, 1.165) is 24.0 Å². The highest BCUT2D eigenvalue weighted by Crippen LogP contribution is 2.46. The summed E-state index contributed by atoms with van der Waals surface area (Å²) in [4.78, 5) is 27.7. The molecule has 0 N–H and O–H groups in total. The number of hydrogen-bond donors (Lipinski definition) is 0. The number of amides is 1. The van der Waals surface area contributed by atoms with E-state index >= 15 is 0 Å². The van der Waals surface area contributed by atoms with E-state index < -0.39 is 18.2 Å². The number of unbranched alkanes of at least 4 members (excludes halogenated alkanes) is 3. The highest BCUT2D eigenvalue weighted by atomic mass is 35.5. The third-order valence-corrected chi connectivity index (χ3v) is 6.99. The zero-order valence-electron chi connectivity index (χ0n) is 21.4. The van der Waals surface area contributed by atoms with Crippen LogP contribution in [0.5, 0.6) is 0 Å². The van der Waals surface area contributed by atoms with Crippen LogP contribution in [0.1, 0.15) is 82.6 Å². The largest absolute Gasteiger partial charge is 0.464 e. The molecule has 1 aliphatic heterocycles. The Kier molecular flexibility index (Phi) is 11.1. The SMILES string of the molecule is CCCCCC.CCOC(=O)C(C1CC1)N1C(=O)CO[C@H](c2cccc(Cl)c2)[C@H]1c1ccc(Cl)cc1. The number of morpholine rings is 1. The third kappa shape index (κ3) is 7.47. The maximum absolute atomic E-state index is 13.1. The van der Waals surface area contributed by atoms with E-state index in [0.29, 0.717) is 10.0 Å². The van der Waals surface area contributed by atoms with Crippen molar-refractivity contribution in [3.8, 4) is 0 Å². The monoisotopic (exact) mass is 533 g/mol. The second kappa shape index (κ2) is 14.0. The number of rotatable bonds is 9. The Morgan fingerprint density at radius 3 is 2.22 bits per heavy atom. The number of esters is 1. The quantitative estimate of drug-likeness (QED) is 0.246. The Balaban J connectivity index is 0.000000538. The first kappa shape index (κ1) is 28.5. The van der Waals surface area contributed by atoms with Crippen LogP contribution in [0.15, 0.2) is 48.5 Å². The van der Waals surface area contributed by atoms with E-state index in [1.165, 1.54) is 25.7 Å². The van der Waals surface area contributed by atoms with E-state index in [9.17, 15) is 9.59 Å². The van der Waals surface area contributed by atoms with Gasteiger partial charge in [0.1, 0.15) is 18.8 Å². The average Bonchev–Trinajstić information content (AvgIpc) is 3.70. The van der Waals surface area contributed by atoms with Crippen LogP contribution >= 0.6 is 23.2 Å². The average molecular weight is 535 g/mol. The second-order valence-corrected chi connectivity index (χ2v) is 10.2. The van der Waals surface area contributed by atoms with E-state index in [1.54, 1.807) is 30.0 Å². The van der Waals surface area contributed by atoms with Gasteiger partial charge in [0.2, 0.25) is 5.91 Å². The fourth-order valence-corrected chi connectivity index (χ4v) is 4.91. The summed E-state index contributed by atoms with van der Waals surface area (Å²) < 4.78 is 11.4. The first-order valence-corrected chi connectivity index (χ1v) is 13.8. The van der Waals surface area contributed by atoms with Gasteiger partial charge in [-0.2, -0.15) is 0 Å². The summed E-state index contributed by atoms with van der Waals surface area (Å²) in [5.41, 5.74) is 1.69. The summed E-state index contributed by atoms with van der Waals surface area (Å²) in [7, 11) is 0. The van der Waals surface area contributed by atoms with Crippen molar-refractivity contribution in [3.05, 3.63) is 69.7 Å². The van der Waals surface area contributed by atoms with Crippen LogP contribution in [-0.4, -0.2) is 36.0 Å². The predicted molar refractivity (Wildman–Crippen MR) is 144 cm³/mol. The fraction of sp³-hybridized carbons (Fsp3) is 0.517. The van der Waals surface area contributed by atoms with Crippen molar-refractivity contribution in [3.63, 3.8) is 0 Å². The molecule has 196 valence electrons. The summed E-state index contributed by atoms with van der Waals surface area (Å²) in [6.07, 6.45) is 6.85. The summed E-state index contributed by atoms with van der Waals surface area (Å²) in [6, 6.07) is 13.6. The zero-order valence-corrected chi connectivity index (χ0v) is 22.9. The standard InChI is InChI=1S/C23H23Cl2NO4.C6H14/c1-2-29-23(28)21(15-6-7-15)26-19(27)13-30-22(16-4-3-5-18(25)12-16)20(26)14-8-10-17(24)11-9-14;1-3-5-6-4-2/h3-5,8-12,15,20-22H,2,6-7,13H2,1H3;3-6H2,1-2H3/t20-,21?,22-;/m1./s1. The molecule has 1 unspecified atom stereocenters. The molecule has 2 aromatic carbocycles. The molecule has 4 rings (SSSR count). The van der Waals surface area contributed by atoms with E-state index in [-0.39, 0.29) is 31.0 Å². The van der Waals surface area contributed by atoms with Gasteiger partial charge in [0.15, 0.2) is 0 Å². The molecule has 3 atom stereocenters. The molecule has 1 saturated carbocycles. The van der Waals surface area contributed by atoms with Crippen LogP contribution in [0.4, 0.5) is 0 Å². The third-order valence-electron chi connectivity index (χ3n) is 6.50. The molecule has 2 aromatic rings. The molecule has 36 heavy (non-hydrogen) atoms. The molecule has 5 nitrogen and oxygen atoms in total. The van der Waals surface area contributed by atoms with Gasteiger partial charge >= 0.3 is 5.97 Å². The van der Waals surface area contributed by atoms with Crippen molar-refractivity contribution in [2.45, 2.75) is 77.5 Å². The van der Waals surface area contributed by atoms with Gasteiger partial charge in [0, 0.05) is 10.0 Å². The molecule has 2 fully saturated rings. The van der Waals surface area contributed by atoms with Crippen molar-refractivity contribution in [2.75, 3.05) is 13.2 Å². The molecule has 0 spiro atoms. The highest BCUT2D eigenvalue weighted by molar-refractivity contribution is 6.30. The lowest BCUT2D eigenvalue weighted by atomic mass is 9.90. The fourth-order valence-electron chi connectivity index (χ4n) is 4.59. The smallest absolute Gasteiger partial charge is 0.329 e. The van der Waals surface area contributed by atoms with Gasteiger partial charge in [0.05, 0.1) is 12.6 Å². The van der Waals surface area contributed by atoms with E-state index in [4.69, 9.17) is 32.7 Å². The molecule has 1 aliphatic carbocycles. The van der Waals surface area contributed by atoms with Gasteiger partial charge in [-0.3, -0.25) is 4.79 Å². The number of ether oxygens (including phenoxy) is 2. The number of carbonyl (C=O) groups is 2. The summed E-state index contributed by atoms with van der Waals surface area (Å²) in [5, 5.41) is 1.18. The molecule has 0 bridgehead atoms. The van der Waals surface area contributed by atoms with E-state index in [1.807, 2.05) is 30.3 Å². The number of hydrogen-bond acceptors (Lipinski definition) is 4. The van der Waals surface area contributed by atoms with E-state index in [2.05, 4.69) is 13.8 Å². The van der Waals surface area contributed by atoms with Crippen LogP contribution in [0.3, 0.4) is 0 Å². The van der Waals surface area contributed by atoms with Gasteiger partial charge < -0.3 is 14.4 Å². The number of carbonyl (C=O) groups excluding carboxylic acids is 2. The van der Waals surface area contributed by atoms with Crippen molar-refractivity contribution < 1.29 is 19.1 Å². The summed E-state index contributed by atoms with van der Waals surface area (Å²) >= 11 is 12.3. The van der Waals surface area contributed by atoms with Crippen LogP contribution < -0.4 is 0 Å². The van der Waals surface area contributed by atoms with Crippen LogP contribution in [-0.2, 0) is 19.1 Å². The van der Waals surface area contributed by atoms with Crippen molar-refractivity contribution >= 4 is 35.1 Å². The molecule has 2 aliphatic rings. The lowest BCUT2D eigenvalue weighted by Crippen LogP contribution is -2.54. The first-order valence-electron chi connectivity index (χ1n) is 13.0. The minimum Gasteiger partial charge on any atom is -0.464 e. The lowest BCUT2D eigenvalue weighted by Gasteiger charge is -2.44. The Morgan fingerprint density at radius 2 is 1.67 bits per heavy atom. The van der Waals surface area contributed by atoms with Gasteiger partial charge in [-0.25, -0.2) is 4.79 Å². The normalized spacial score (nSPS) is 20.4. The maximum Gasteiger partial charge on any atom is 0.329 e. The molecule has 7 heteroatoms. The second-order valence-electron chi connectivity index (χ2n) is 9.33. The Hall–Kier alpha value is -2.08. The van der Waals surface area contributed by atoms with Gasteiger partial charge in [-0.1, -0.05) is 87.0 Å².